The summed E-state index contributed by atoms with van der Waals surface area (Å²) in [5, 5.41) is 12.3. The summed E-state index contributed by atoms with van der Waals surface area (Å²) in [5.74, 6) is 1.43. The van der Waals surface area contributed by atoms with Gasteiger partial charge < -0.3 is 19.9 Å². The van der Waals surface area contributed by atoms with Crippen LogP contribution in [-0.4, -0.2) is 30.6 Å². The van der Waals surface area contributed by atoms with Gasteiger partial charge in [-0.1, -0.05) is 18.9 Å². The van der Waals surface area contributed by atoms with Crippen molar-refractivity contribution in [1.82, 2.24) is 5.32 Å². The van der Waals surface area contributed by atoms with Crippen molar-refractivity contribution in [3.63, 3.8) is 0 Å². The van der Waals surface area contributed by atoms with Gasteiger partial charge in [0, 0.05) is 11.5 Å². The van der Waals surface area contributed by atoms with Crippen LogP contribution in [0.15, 0.2) is 18.2 Å². The number of hydrogen-bond donors (Lipinski definition) is 2. The van der Waals surface area contributed by atoms with Crippen molar-refractivity contribution in [3.05, 3.63) is 29.3 Å². The van der Waals surface area contributed by atoms with Gasteiger partial charge in [0.2, 0.25) is 6.79 Å². The first-order valence-electron chi connectivity index (χ1n) is 8.54. The van der Waals surface area contributed by atoms with Crippen LogP contribution in [0.4, 0.5) is 4.79 Å². The van der Waals surface area contributed by atoms with Gasteiger partial charge in [0.1, 0.15) is 5.75 Å². The fraction of sp³-hybridized carbons (Fsp3) is 0.611. The van der Waals surface area contributed by atoms with Crippen molar-refractivity contribution < 1.29 is 19.4 Å². The second-order valence-corrected chi connectivity index (χ2v) is 7.01. The third kappa shape index (κ3) is 2.47. The SMILES string of the molecule is O=C(O)OCOc1ccc2c(c1)[C@@]13CCCC[C@H]1[C@@H](C2)NCC3. The average Bonchev–Trinajstić information content (AvgIpc) is 2.55. The Hall–Kier alpha value is -1.75. The monoisotopic (exact) mass is 317 g/mol. The molecule has 4 rings (SSSR count). The number of ether oxygens (including phenoxy) is 2. The van der Waals surface area contributed by atoms with Crippen molar-refractivity contribution in [3.8, 4) is 5.75 Å². The van der Waals surface area contributed by atoms with Gasteiger partial charge in [0.15, 0.2) is 0 Å². The number of benzene rings is 1. The first kappa shape index (κ1) is 14.8. The Bertz CT molecular complexity index is 613. The van der Waals surface area contributed by atoms with Gasteiger partial charge in [0.05, 0.1) is 0 Å². The summed E-state index contributed by atoms with van der Waals surface area (Å²) in [7, 11) is 0. The molecule has 0 unspecified atom stereocenters. The van der Waals surface area contributed by atoms with Gasteiger partial charge in [0.25, 0.3) is 0 Å². The summed E-state index contributed by atoms with van der Waals surface area (Å²) in [6.07, 6.45) is 6.18. The molecule has 3 aliphatic rings. The first-order chi connectivity index (χ1) is 11.2. The van der Waals surface area contributed by atoms with E-state index in [1.165, 1.54) is 43.2 Å². The molecule has 23 heavy (non-hydrogen) atoms. The molecule has 0 amide bonds. The highest BCUT2D eigenvalue weighted by Crippen LogP contribution is 2.54. The van der Waals surface area contributed by atoms with Gasteiger partial charge in [-0.3, -0.25) is 0 Å². The summed E-state index contributed by atoms with van der Waals surface area (Å²) in [6.45, 7) is 0.836. The first-order valence-corrected chi connectivity index (χ1v) is 8.54. The maximum Gasteiger partial charge on any atom is 0.508 e. The molecule has 1 heterocycles. The van der Waals surface area contributed by atoms with Crippen LogP contribution in [-0.2, 0) is 16.6 Å². The van der Waals surface area contributed by atoms with E-state index in [4.69, 9.17) is 9.84 Å². The molecule has 124 valence electrons. The summed E-state index contributed by atoms with van der Waals surface area (Å²) in [5.41, 5.74) is 3.15. The number of carbonyl (C=O) groups is 1. The molecule has 0 aromatic heterocycles. The molecule has 1 aliphatic heterocycles. The van der Waals surface area contributed by atoms with Crippen LogP contribution >= 0.6 is 0 Å². The van der Waals surface area contributed by atoms with E-state index in [2.05, 4.69) is 22.2 Å². The van der Waals surface area contributed by atoms with Gasteiger partial charge in [-0.05, 0) is 61.4 Å². The maximum atomic E-state index is 10.4. The van der Waals surface area contributed by atoms with Crippen LogP contribution < -0.4 is 10.1 Å². The van der Waals surface area contributed by atoms with E-state index in [9.17, 15) is 4.79 Å². The number of hydrogen-bond acceptors (Lipinski definition) is 4. The fourth-order valence-corrected chi connectivity index (χ4v) is 5.14. The van der Waals surface area contributed by atoms with E-state index in [-0.39, 0.29) is 12.2 Å². The quantitative estimate of drug-likeness (QED) is 0.662. The standard InChI is InChI=1S/C18H23NO4/c20-17(21)23-11-22-13-5-4-12-9-16-14-3-1-2-6-18(14,7-8-19-16)15(12)10-13/h4-5,10,14,16,19H,1-3,6-9,11H2,(H,20,21)/t14-,16+,18+/m0/s1. The molecule has 5 nitrogen and oxygen atoms in total. The zero-order valence-electron chi connectivity index (χ0n) is 13.2. The number of piperidine rings is 1. The second kappa shape index (κ2) is 5.71. The highest BCUT2D eigenvalue weighted by atomic mass is 16.7. The molecule has 1 aromatic rings. The molecule has 5 heteroatoms. The molecule has 2 aliphatic carbocycles. The normalized spacial score (nSPS) is 31.7. The third-order valence-corrected chi connectivity index (χ3v) is 6.03. The Labute approximate surface area is 136 Å². The highest BCUT2D eigenvalue weighted by molar-refractivity contribution is 5.56. The maximum absolute atomic E-state index is 10.4. The van der Waals surface area contributed by atoms with E-state index in [1.54, 1.807) is 0 Å². The number of nitrogens with one attached hydrogen (secondary N) is 1. The Morgan fingerprint density at radius 1 is 1.35 bits per heavy atom. The molecule has 2 bridgehead atoms. The molecular formula is C18H23NO4. The van der Waals surface area contributed by atoms with Crippen LogP contribution in [0.2, 0.25) is 0 Å². The fourth-order valence-electron chi connectivity index (χ4n) is 5.14. The van der Waals surface area contributed by atoms with Crippen LogP contribution in [0.1, 0.15) is 43.2 Å². The van der Waals surface area contributed by atoms with Crippen molar-refractivity contribution in [2.75, 3.05) is 13.3 Å². The van der Waals surface area contributed by atoms with E-state index < -0.39 is 6.16 Å². The Morgan fingerprint density at radius 2 is 2.26 bits per heavy atom. The van der Waals surface area contributed by atoms with Gasteiger partial charge in [-0.25, -0.2) is 4.79 Å². The molecule has 2 N–H and O–H groups in total. The summed E-state index contributed by atoms with van der Waals surface area (Å²) < 4.78 is 9.94. The molecule has 2 fully saturated rings. The minimum absolute atomic E-state index is 0.255. The predicted molar refractivity (Wildman–Crippen MR) is 84.8 cm³/mol. The highest BCUT2D eigenvalue weighted by Gasteiger charge is 2.51. The van der Waals surface area contributed by atoms with E-state index in [1.807, 2.05) is 6.07 Å². The predicted octanol–water partition coefficient (Wildman–Crippen LogP) is 3.06. The van der Waals surface area contributed by atoms with Gasteiger partial charge in [-0.2, -0.15) is 0 Å². The van der Waals surface area contributed by atoms with Gasteiger partial charge >= 0.3 is 6.16 Å². The number of rotatable bonds is 3. The summed E-state index contributed by atoms with van der Waals surface area (Å²) >= 11 is 0. The molecule has 1 saturated heterocycles. The van der Waals surface area contributed by atoms with Crippen LogP contribution in [0.25, 0.3) is 0 Å². The topological polar surface area (TPSA) is 67.8 Å². The van der Waals surface area contributed by atoms with Crippen LogP contribution in [0.5, 0.6) is 5.75 Å². The summed E-state index contributed by atoms with van der Waals surface area (Å²) in [6, 6.07) is 6.83. The van der Waals surface area contributed by atoms with Crippen molar-refractivity contribution >= 4 is 6.16 Å². The lowest BCUT2D eigenvalue weighted by atomic mass is 9.53. The van der Waals surface area contributed by atoms with E-state index in [0.29, 0.717) is 11.8 Å². The van der Waals surface area contributed by atoms with E-state index in [0.717, 1.165) is 18.9 Å². The third-order valence-electron chi connectivity index (χ3n) is 6.03. The minimum atomic E-state index is -1.31. The molecule has 1 saturated carbocycles. The lowest BCUT2D eigenvalue weighted by molar-refractivity contribution is 0.0256. The van der Waals surface area contributed by atoms with Crippen LogP contribution in [0, 0.1) is 5.92 Å². The zero-order valence-corrected chi connectivity index (χ0v) is 13.2. The van der Waals surface area contributed by atoms with Crippen molar-refractivity contribution in [1.29, 1.82) is 0 Å². The van der Waals surface area contributed by atoms with Crippen molar-refractivity contribution in [2.24, 2.45) is 5.92 Å². The summed E-state index contributed by atoms with van der Waals surface area (Å²) in [4.78, 5) is 10.4. The van der Waals surface area contributed by atoms with Gasteiger partial charge in [-0.15, -0.1) is 0 Å². The second-order valence-electron chi connectivity index (χ2n) is 7.01. The molecule has 0 spiro atoms. The smallest absolute Gasteiger partial charge is 0.457 e. The largest absolute Gasteiger partial charge is 0.508 e. The lowest BCUT2D eigenvalue weighted by Crippen LogP contribution is -2.59. The Morgan fingerprint density at radius 3 is 3.13 bits per heavy atom. The lowest BCUT2D eigenvalue weighted by Gasteiger charge is -2.56. The minimum Gasteiger partial charge on any atom is -0.457 e. The Kier molecular flexibility index (Phi) is 3.68. The zero-order chi connectivity index (χ0) is 15.9. The van der Waals surface area contributed by atoms with E-state index >= 15 is 0 Å². The Balaban J connectivity index is 1.65. The van der Waals surface area contributed by atoms with Crippen molar-refractivity contribution in [2.45, 2.75) is 50.0 Å². The number of fused-ring (bicyclic) bond motifs is 1. The number of carboxylic acid groups (broad SMARTS) is 1. The average molecular weight is 317 g/mol. The molecule has 1 aromatic carbocycles. The molecule has 3 atom stereocenters. The van der Waals surface area contributed by atoms with Crippen LogP contribution in [0.3, 0.4) is 0 Å². The molecular weight excluding hydrogens is 294 g/mol. The molecule has 0 radical (unpaired) electrons.